The zero-order chi connectivity index (χ0) is 16.0. The number of aryl methyl sites for hydroxylation is 1. The number of carbonyl (C=O) groups excluding carboxylic acids is 1. The molecule has 1 aromatic carbocycles. The number of anilines is 1. The summed E-state index contributed by atoms with van der Waals surface area (Å²) >= 11 is 0. The Hall–Kier alpha value is -3.02. The van der Waals surface area contributed by atoms with E-state index in [9.17, 15) is 9.90 Å². The van der Waals surface area contributed by atoms with E-state index in [4.69, 9.17) is 11.5 Å². The maximum absolute atomic E-state index is 11.8. The number of phenols is 1. The summed E-state index contributed by atoms with van der Waals surface area (Å²) < 4.78 is 1.43. The van der Waals surface area contributed by atoms with Crippen LogP contribution in [0.1, 0.15) is 21.6 Å². The third kappa shape index (κ3) is 1.88. The minimum Gasteiger partial charge on any atom is -0.508 e. The Balaban J connectivity index is 2.45. The number of benzene rings is 1. The highest BCUT2D eigenvalue weighted by Gasteiger charge is 2.20. The number of aromatic hydroxyl groups is 1. The van der Waals surface area contributed by atoms with Crippen molar-refractivity contribution in [2.75, 3.05) is 5.73 Å². The largest absolute Gasteiger partial charge is 0.508 e. The van der Waals surface area contributed by atoms with Crippen molar-refractivity contribution in [3.05, 3.63) is 47.3 Å². The van der Waals surface area contributed by atoms with Gasteiger partial charge in [0.25, 0.3) is 5.91 Å². The number of hydrogen-bond acceptors (Lipinski definition) is 4. The van der Waals surface area contributed by atoms with Crippen LogP contribution in [0, 0.1) is 13.8 Å². The molecule has 2 heterocycles. The Morgan fingerprint density at radius 2 is 2.00 bits per heavy atom. The number of amides is 1. The number of pyridine rings is 1. The van der Waals surface area contributed by atoms with Crippen LogP contribution < -0.4 is 11.5 Å². The SMILES string of the molecule is Cc1ccc(O)c(C)c1-c1cc2ccnn2c(C(N)=O)c1N. The summed E-state index contributed by atoms with van der Waals surface area (Å²) in [6.07, 6.45) is 1.58. The van der Waals surface area contributed by atoms with Crippen LogP contribution in [0.25, 0.3) is 16.6 Å². The van der Waals surface area contributed by atoms with Crippen molar-refractivity contribution in [1.82, 2.24) is 9.61 Å². The number of nitrogen functional groups attached to an aromatic ring is 1. The number of carbonyl (C=O) groups is 1. The van der Waals surface area contributed by atoms with Crippen LogP contribution in [0.2, 0.25) is 0 Å². The van der Waals surface area contributed by atoms with E-state index in [0.717, 1.165) is 11.1 Å². The van der Waals surface area contributed by atoms with Gasteiger partial charge in [0.05, 0.1) is 17.4 Å². The van der Waals surface area contributed by atoms with E-state index in [1.54, 1.807) is 18.3 Å². The van der Waals surface area contributed by atoms with Crippen molar-refractivity contribution in [1.29, 1.82) is 0 Å². The highest BCUT2D eigenvalue weighted by molar-refractivity contribution is 6.02. The highest BCUT2D eigenvalue weighted by atomic mass is 16.3. The normalized spacial score (nSPS) is 11.0. The lowest BCUT2D eigenvalue weighted by Gasteiger charge is -2.16. The van der Waals surface area contributed by atoms with E-state index in [1.807, 2.05) is 26.0 Å². The van der Waals surface area contributed by atoms with E-state index in [1.165, 1.54) is 4.52 Å². The van der Waals surface area contributed by atoms with Crippen molar-refractivity contribution in [2.45, 2.75) is 13.8 Å². The number of nitrogens with two attached hydrogens (primary N) is 2. The molecule has 2 aromatic heterocycles. The smallest absolute Gasteiger partial charge is 0.269 e. The molecule has 0 saturated heterocycles. The second-order valence-corrected chi connectivity index (χ2v) is 5.25. The average molecular weight is 296 g/mol. The first kappa shape index (κ1) is 13.9. The van der Waals surface area contributed by atoms with Crippen molar-refractivity contribution in [3.63, 3.8) is 0 Å². The molecule has 0 spiro atoms. The van der Waals surface area contributed by atoms with Crippen LogP contribution in [-0.2, 0) is 0 Å². The summed E-state index contributed by atoms with van der Waals surface area (Å²) in [5.41, 5.74) is 15.8. The number of fused-ring (bicyclic) bond motifs is 1. The van der Waals surface area contributed by atoms with Crippen LogP contribution in [-0.4, -0.2) is 20.6 Å². The van der Waals surface area contributed by atoms with E-state index >= 15 is 0 Å². The predicted octanol–water partition coefficient (Wildman–Crippen LogP) is 2.00. The van der Waals surface area contributed by atoms with Crippen LogP contribution in [0.15, 0.2) is 30.5 Å². The Labute approximate surface area is 127 Å². The first-order valence-electron chi connectivity index (χ1n) is 6.77. The molecule has 5 N–H and O–H groups in total. The zero-order valence-corrected chi connectivity index (χ0v) is 12.3. The van der Waals surface area contributed by atoms with Gasteiger partial charge in [-0.15, -0.1) is 0 Å². The molecule has 0 bridgehead atoms. The minimum absolute atomic E-state index is 0.139. The second-order valence-electron chi connectivity index (χ2n) is 5.25. The van der Waals surface area contributed by atoms with Crippen molar-refractivity contribution < 1.29 is 9.90 Å². The molecular weight excluding hydrogens is 280 g/mol. The van der Waals surface area contributed by atoms with Crippen molar-refractivity contribution in [2.24, 2.45) is 5.73 Å². The van der Waals surface area contributed by atoms with Gasteiger partial charge < -0.3 is 16.6 Å². The lowest BCUT2D eigenvalue weighted by atomic mass is 9.93. The lowest BCUT2D eigenvalue weighted by Crippen LogP contribution is -2.19. The molecule has 0 radical (unpaired) electrons. The highest BCUT2D eigenvalue weighted by Crippen LogP contribution is 2.37. The topological polar surface area (TPSA) is 107 Å². The number of aromatic nitrogens is 2. The van der Waals surface area contributed by atoms with Crippen molar-refractivity contribution >= 4 is 17.1 Å². The van der Waals surface area contributed by atoms with Crippen LogP contribution in [0.4, 0.5) is 5.69 Å². The van der Waals surface area contributed by atoms with Crippen molar-refractivity contribution in [3.8, 4) is 16.9 Å². The van der Waals surface area contributed by atoms with Gasteiger partial charge in [0.2, 0.25) is 0 Å². The number of phenolic OH excluding ortho intramolecular Hbond substituents is 1. The van der Waals surface area contributed by atoms with Crippen LogP contribution >= 0.6 is 0 Å². The average Bonchev–Trinajstić information content (AvgIpc) is 2.91. The number of nitrogens with zero attached hydrogens (tertiary/aromatic N) is 2. The molecule has 0 aliphatic rings. The molecule has 0 fully saturated rings. The fraction of sp³-hybridized carbons (Fsp3) is 0.125. The van der Waals surface area contributed by atoms with Gasteiger partial charge >= 0.3 is 0 Å². The predicted molar refractivity (Wildman–Crippen MR) is 84.7 cm³/mol. The zero-order valence-electron chi connectivity index (χ0n) is 12.3. The van der Waals surface area contributed by atoms with Gasteiger partial charge in [0, 0.05) is 5.56 Å². The fourth-order valence-corrected chi connectivity index (χ4v) is 2.77. The van der Waals surface area contributed by atoms with Crippen LogP contribution in [0.5, 0.6) is 5.75 Å². The van der Waals surface area contributed by atoms with E-state index in [-0.39, 0.29) is 17.1 Å². The van der Waals surface area contributed by atoms with Gasteiger partial charge in [0.15, 0.2) is 5.69 Å². The molecule has 0 saturated carbocycles. The number of hydrogen-bond donors (Lipinski definition) is 3. The standard InChI is InChI=1S/C16H16N4O2/c1-8-3-4-12(21)9(2)13(8)11-7-10-5-6-19-20(10)15(14(11)17)16(18)22/h3-7,21H,17H2,1-2H3,(H2,18,22). The maximum Gasteiger partial charge on any atom is 0.269 e. The molecule has 6 nitrogen and oxygen atoms in total. The first-order valence-corrected chi connectivity index (χ1v) is 6.77. The third-order valence-corrected chi connectivity index (χ3v) is 3.87. The third-order valence-electron chi connectivity index (χ3n) is 3.87. The monoisotopic (exact) mass is 296 g/mol. The molecule has 0 atom stereocenters. The molecule has 0 aliphatic heterocycles. The first-order chi connectivity index (χ1) is 10.4. The molecule has 3 rings (SSSR count). The summed E-state index contributed by atoms with van der Waals surface area (Å²) in [6.45, 7) is 3.73. The van der Waals surface area contributed by atoms with Crippen LogP contribution in [0.3, 0.4) is 0 Å². The van der Waals surface area contributed by atoms with Gasteiger partial charge in [-0.3, -0.25) is 4.79 Å². The molecule has 112 valence electrons. The molecule has 0 aliphatic carbocycles. The maximum atomic E-state index is 11.8. The summed E-state index contributed by atoms with van der Waals surface area (Å²) in [5.74, 6) is -0.475. The van der Waals surface area contributed by atoms with E-state index in [0.29, 0.717) is 16.6 Å². The molecule has 1 amide bonds. The van der Waals surface area contributed by atoms with Gasteiger partial charge in [0.1, 0.15) is 5.75 Å². The number of rotatable bonds is 2. The summed E-state index contributed by atoms with van der Waals surface area (Å²) in [7, 11) is 0. The lowest BCUT2D eigenvalue weighted by molar-refractivity contribution is 0.0994. The Morgan fingerprint density at radius 3 is 2.68 bits per heavy atom. The van der Waals surface area contributed by atoms with E-state index in [2.05, 4.69) is 5.10 Å². The second kappa shape index (κ2) is 4.77. The fourth-order valence-electron chi connectivity index (χ4n) is 2.77. The summed E-state index contributed by atoms with van der Waals surface area (Å²) in [4.78, 5) is 11.8. The molecule has 22 heavy (non-hydrogen) atoms. The Bertz CT molecular complexity index is 912. The van der Waals surface area contributed by atoms with Gasteiger partial charge in [-0.2, -0.15) is 5.10 Å². The van der Waals surface area contributed by atoms with E-state index < -0.39 is 5.91 Å². The number of primary amides is 1. The Kier molecular flexibility index (Phi) is 3.02. The van der Waals surface area contributed by atoms with Gasteiger partial charge in [-0.05, 0) is 48.7 Å². The molecule has 0 unspecified atom stereocenters. The molecule has 3 aromatic rings. The molecule has 6 heteroatoms. The quantitative estimate of drug-likeness (QED) is 0.672. The van der Waals surface area contributed by atoms with Gasteiger partial charge in [-0.25, -0.2) is 4.52 Å². The summed E-state index contributed by atoms with van der Waals surface area (Å²) in [5, 5.41) is 14.1. The Morgan fingerprint density at radius 1 is 1.27 bits per heavy atom. The molecular formula is C16H16N4O2. The van der Waals surface area contributed by atoms with Gasteiger partial charge in [-0.1, -0.05) is 6.07 Å². The summed E-state index contributed by atoms with van der Waals surface area (Å²) in [6, 6.07) is 7.05. The minimum atomic E-state index is -0.650.